The molecule has 2 aromatic carbocycles. The molecular weight excluding hydrogens is 300 g/mol. The fourth-order valence-corrected chi connectivity index (χ4v) is 3.44. The highest BCUT2D eigenvalue weighted by Gasteiger charge is 2.30. The number of aryl methyl sites for hydroxylation is 2. The van der Waals surface area contributed by atoms with Gasteiger partial charge in [0.25, 0.3) is 0 Å². The molecule has 0 fully saturated rings. The van der Waals surface area contributed by atoms with E-state index in [1.54, 1.807) is 0 Å². The number of carboxylic acid groups (broad SMARTS) is 1. The van der Waals surface area contributed by atoms with Crippen molar-refractivity contribution < 1.29 is 9.90 Å². The molecule has 0 atom stereocenters. The third-order valence-corrected chi connectivity index (χ3v) is 4.77. The summed E-state index contributed by atoms with van der Waals surface area (Å²) in [6, 6.07) is 14.3. The summed E-state index contributed by atoms with van der Waals surface area (Å²) in [5.41, 5.74) is 7.82. The van der Waals surface area contributed by atoms with Gasteiger partial charge in [-0.2, -0.15) is 5.10 Å². The van der Waals surface area contributed by atoms with Crippen LogP contribution in [0.2, 0.25) is 0 Å². The van der Waals surface area contributed by atoms with Crippen LogP contribution in [0, 0.1) is 13.8 Å². The lowest BCUT2D eigenvalue weighted by Gasteiger charge is -2.10. The molecule has 0 spiro atoms. The summed E-state index contributed by atoms with van der Waals surface area (Å²) in [6.07, 6.45) is 0.641. The van der Waals surface area contributed by atoms with Crippen molar-refractivity contribution in [2.45, 2.75) is 26.8 Å². The number of carboxylic acids is 1. The molecule has 1 aromatic heterocycles. The van der Waals surface area contributed by atoms with E-state index in [0.29, 0.717) is 13.0 Å². The first-order valence-corrected chi connectivity index (χ1v) is 8.02. The molecule has 0 bridgehead atoms. The minimum Gasteiger partial charge on any atom is -0.476 e. The molecule has 0 aliphatic heterocycles. The zero-order valence-corrected chi connectivity index (χ0v) is 13.7. The monoisotopic (exact) mass is 318 g/mol. The molecule has 1 aliphatic carbocycles. The van der Waals surface area contributed by atoms with Crippen molar-refractivity contribution in [3.63, 3.8) is 0 Å². The van der Waals surface area contributed by atoms with Crippen LogP contribution in [0.1, 0.15) is 38.3 Å². The lowest BCUT2D eigenvalue weighted by molar-refractivity contribution is 0.0688. The Morgan fingerprint density at radius 1 is 1.17 bits per heavy atom. The Hall–Kier alpha value is -2.88. The van der Waals surface area contributed by atoms with E-state index >= 15 is 0 Å². The van der Waals surface area contributed by atoms with E-state index in [1.807, 2.05) is 35.0 Å². The lowest BCUT2D eigenvalue weighted by Crippen LogP contribution is -2.07. The van der Waals surface area contributed by atoms with Crippen LogP contribution < -0.4 is 0 Å². The Morgan fingerprint density at radius 3 is 2.58 bits per heavy atom. The second kappa shape index (κ2) is 5.34. The molecule has 120 valence electrons. The summed E-state index contributed by atoms with van der Waals surface area (Å²) in [6.45, 7) is 4.75. The molecule has 0 saturated carbocycles. The lowest BCUT2D eigenvalue weighted by atomic mass is 10.0. The molecule has 24 heavy (non-hydrogen) atoms. The smallest absolute Gasteiger partial charge is 0.356 e. The van der Waals surface area contributed by atoms with Gasteiger partial charge < -0.3 is 5.11 Å². The van der Waals surface area contributed by atoms with Crippen LogP contribution in [0.4, 0.5) is 0 Å². The Bertz CT molecular complexity index is 956. The van der Waals surface area contributed by atoms with Gasteiger partial charge in [-0.25, -0.2) is 4.79 Å². The van der Waals surface area contributed by atoms with Crippen molar-refractivity contribution >= 4 is 5.97 Å². The predicted octanol–water partition coefficient (Wildman–Crippen LogP) is 3.82. The van der Waals surface area contributed by atoms with Gasteiger partial charge in [-0.15, -0.1) is 0 Å². The molecule has 1 heterocycles. The van der Waals surface area contributed by atoms with Gasteiger partial charge in [0.1, 0.15) is 0 Å². The van der Waals surface area contributed by atoms with E-state index in [4.69, 9.17) is 0 Å². The number of hydrogen-bond donors (Lipinski definition) is 1. The van der Waals surface area contributed by atoms with Crippen molar-refractivity contribution in [1.82, 2.24) is 9.78 Å². The summed E-state index contributed by atoms with van der Waals surface area (Å²) in [4.78, 5) is 11.6. The standard InChI is InChI=1S/C20H18N2O2/c1-12-8-15-10-17-18(20(23)24)21-22(11-14-6-4-3-5-7-14)19(17)16(15)9-13(12)2/h3-9H,10-11H2,1-2H3,(H,23,24). The topological polar surface area (TPSA) is 55.1 Å². The molecular formula is C20H18N2O2. The zero-order valence-electron chi connectivity index (χ0n) is 13.7. The van der Waals surface area contributed by atoms with E-state index in [0.717, 1.165) is 22.4 Å². The average Bonchev–Trinajstić information content (AvgIpc) is 3.07. The molecule has 4 heteroatoms. The Kier molecular flexibility index (Phi) is 3.27. The molecule has 0 unspecified atom stereocenters. The van der Waals surface area contributed by atoms with Gasteiger partial charge in [-0.3, -0.25) is 4.68 Å². The van der Waals surface area contributed by atoms with Crippen molar-refractivity contribution in [2.75, 3.05) is 0 Å². The van der Waals surface area contributed by atoms with Crippen molar-refractivity contribution in [1.29, 1.82) is 0 Å². The van der Waals surface area contributed by atoms with Crippen molar-refractivity contribution in [3.05, 3.63) is 76.0 Å². The molecule has 0 amide bonds. The summed E-state index contributed by atoms with van der Waals surface area (Å²) < 4.78 is 1.84. The van der Waals surface area contributed by atoms with E-state index in [2.05, 4.69) is 31.1 Å². The molecule has 0 saturated heterocycles. The van der Waals surface area contributed by atoms with E-state index in [-0.39, 0.29) is 5.69 Å². The van der Waals surface area contributed by atoms with Crippen LogP contribution in [0.15, 0.2) is 42.5 Å². The van der Waals surface area contributed by atoms with Crippen LogP contribution in [0.3, 0.4) is 0 Å². The van der Waals surface area contributed by atoms with Gasteiger partial charge in [0.2, 0.25) is 0 Å². The van der Waals surface area contributed by atoms with Crippen LogP contribution in [-0.2, 0) is 13.0 Å². The normalized spacial score (nSPS) is 12.1. The maximum absolute atomic E-state index is 11.6. The van der Waals surface area contributed by atoms with E-state index < -0.39 is 5.97 Å². The Morgan fingerprint density at radius 2 is 1.88 bits per heavy atom. The number of nitrogens with zero attached hydrogens (tertiary/aromatic N) is 2. The number of aromatic nitrogens is 2. The molecule has 3 aromatic rings. The Labute approximate surface area is 140 Å². The minimum atomic E-state index is -0.959. The largest absolute Gasteiger partial charge is 0.476 e. The summed E-state index contributed by atoms with van der Waals surface area (Å²) in [5.74, 6) is -0.959. The van der Waals surface area contributed by atoms with Gasteiger partial charge in [0, 0.05) is 17.5 Å². The van der Waals surface area contributed by atoms with Gasteiger partial charge in [-0.05, 0) is 42.2 Å². The van der Waals surface area contributed by atoms with Gasteiger partial charge >= 0.3 is 5.97 Å². The first-order valence-electron chi connectivity index (χ1n) is 8.02. The number of benzene rings is 2. The quantitative estimate of drug-likeness (QED) is 0.625. The van der Waals surface area contributed by atoms with Crippen LogP contribution >= 0.6 is 0 Å². The highest BCUT2D eigenvalue weighted by atomic mass is 16.4. The third-order valence-electron chi connectivity index (χ3n) is 4.77. The molecule has 1 N–H and O–H groups in total. The fraction of sp³-hybridized carbons (Fsp3) is 0.200. The maximum atomic E-state index is 11.6. The number of fused-ring (bicyclic) bond motifs is 3. The maximum Gasteiger partial charge on any atom is 0.356 e. The first kappa shape index (κ1) is 14.7. The molecule has 4 rings (SSSR count). The van der Waals surface area contributed by atoms with Gasteiger partial charge in [-0.1, -0.05) is 36.4 Å². The third kappa shape index (κ3) is 2.22. The number of aromatic carboxylic acids is 1. The first-order chi connectivity index (χ1) is 11.5. The second-order valence-electron chi connectivity index (χ2n) is 6.39. The summed E-state index contributed by atoms with van der Waals surface area (Å²) in [5, 5.41) is 13.9. The van der Waals surface area contributed by atoms with Crippen LogP contribution in [0.25, 0.3) is 11.3 Å². The van der Waals surface area contributed by atoms with Crippen molar-refractivity contribution in [2.24, 2.45) is 0 Å². The van der Waals surface area contributed by atoms with Gasteiger partial charge in [0.05, 0.1) is 12.2 Å². The average molecular weight is 318 g/mol. The number of carbonyl (C=O) groups is 1. The molecule has 0 radical (unpaired) electrons. The van der Waals surface area contributed by atoms with Gasteiger partial charge in [0.15, 0.2) is 5.69 Å². The fourth-order valence-electron chi connectivity index (χ4n) is 3.44. The highest BCUT2D eigenvalue weighted by molar-refractivity contribution is 5.92. The highest BCUT2D eigenvalue weighted by Crippen LogP contribution is 2.40. The predicted molar refractivity (Wildman–Crippen MR) is 92.4 cm³/mol. The van der Waals surface area contributed by atoms with Crippen LogP contribution in [-0.4, -0.2) is 20.9 Å². The summed E-state index contributed by atoms with van der Waals surface area (Å²) >= 11 is 0. The summed E-state index contributed by atoms with van der Waals surface area (Å²) in [7, 11) is 0. The minimum absolute atomic E-state index is 0.174. The van der Waals surface area contributed by atoms with Crippen LogP contribution in [0.5, 0.6) is 0 Å². The zero-order chi connectivity index (χ0) is 16.8. The molecule has 4 nitrogen and oxygen atoms in total. The van der Waals surface area contributed by atoms with E-state index in [1.165, 1.54) is 16.7 Å². The molecule has 1 aliphatic rings. The SMILES string of the molecule is Cc1cc2c(cc1C)-c1c(c(C(=O)O)nn1Cc1ccccc1)C2. The number of rotatable bonds is 3. The van der Waals surface area contributed by atoms with E-state index in [9.17, 15) is 9.90 Å². The van der Waals surface area contributed by atoms with Crippen molar-refractivity contribution in [3.8, 4) is 11.3 Å². The Balaban J connectivity index is 1.89. The number of hydrogen-bond acceptors (Lipinski definition) is 2. The second-order valence-corrected chi connectivity index (χ2v) is 6.39.